The average Bonchev–Trinajstić information content (AvgIpc) is 3.27. The van der Waals surface area contributed by atoms with Gasteiger partial charge in [-0.2, -0.15) is 5.01 Å². The molecule has 0 radical (unpaired) electrons. The number of fused-ring (bicyclic) bond motifs is 1. The molecule has 3 aromatic rings. The Morgan fingerprint density at radius 3 is 2.31 bits per heavy atom. The molecule has 0 aliphatic carbocycles. The van der Waals surface area contributed by atoms with Gasteiger partial charge in [0.25, 0.3) is 0 Å². The maximum atomic E-state index is 13.8. The molecular weight excluding hydrogens is 537 g/mol. The van der Waals surface area contributed by atoms with Crippen LogP contribution in [-0.2, 0) is 29.1 Å². The van der Waals surface area contributed by atoms with Crippen LogP contribution < -0.4 is 5.32 Å². The van der Waals surface area contributed by atoms with Crippen LogP contribution in [0.4, 0.5) is 4.79 Å². The van der Waals surface area contributed by atoms with E-state index in [1.54, 1.807) is 40.1 Å². The van der Waals surface area contributed by atoms with Crippen molar-refractivity contribution in [3.05, 3.63) is 106 Å². The van der Waals surface area contributed by atoms with Gasteiger partial charge in [-0.3, -0.25) is 14.6 Å². The molecule has 2 heterocycles. The van der Waals surface area contributed by atoms with Gasteiger partial charge in [0.2, 0.25) is 11.8 Å². The summed E-state index contributed by atoms with van der Waals surface area (Å²) in [6.07, 6.45) is -0.146. The molecule has 10 heteroatoms. The van der Waals surface area contributed by atoms with E-state index in [0.717, 1.165) is 16.7 Å². The van der Waals surface area contributed by atoms with Crippen LogP contribution in [0.2, 0.25) is 10.0 Å². The summed E-state index contributed by atoms with van der Waals surface area (Å²) in [7, 11) is 1.64. The number of carbonyl (C=O) groups excluding carboxylic acids is 3. The highest BCUT2D eigenvalue weighted by Gasteiger charge is 2.51. The molecule has 1 N–H and O–H groups in total. The minimum Gasteiger partial charge on any atom is -0.333 e. The number of rotatable bonds is 7. The van der Waals surface area contributed by atoms with Crippen LogP contribution in [0.25, 0.3) is 0 Å². The van der Waals surface area contributed by atoms with E-state index in [0.29, 0.717) is 23.0 Å². The second kappa shape index (κ2) is 11.7. The zero-order valence-corrected chi connectivity index (χ0v) is 23.0. The van der Waals surface area contributed by atoms with Crippen LogP contribution in [-0.4, -0.2) is 70.0 Å². The summed E-state index contributed by atoms with van der Waals surface area (Å²) in [5, 5.41) is 7.06. The van der Waals surface area contributed by atoms with E-state index >= 15 is 0 Å². The lowest BCUT2D eigenvalue weighted by Crippen LogP contribution is -2.65. The second-order valence-electron chi connectivity index (χ2n) is 9.71. The molecule has 0 spiro atoms. The number of carbonyl (C=O) groups is 3. The highest BCUT2D eigenvalue weighted by atomic mass is 35.5. The van der Waals surface area contributed by atoms with E-state index in [-0.39, 0.29) is 37.5 Å². The van der Waals surface area contributed by atoms with Crippen molar-refractivity contribution in [3.8, 4) is 0 Å². The molecule has 2 aliphatic heterocycles. The Morgan fingerprint density at radius 2 is 1.64 bits per heavy atom. The fourth-order valence-electron chi connectivity index (χ4n) is 5.15. The quantitative estimate of drug-likeness (QED) is 0.466. The third-order valence-electron chi connectivity index (χ3n) is 7.18. The maximum absolute atomic E-state index is 13.8. The predicted octanol–water partition coefficient (Wildman–Crippen LogP) is 4.17. The van der Waals surface area contributed by atoms with Crippen LogP contribution in [0.5, 0.6) is 0 Å². The molecule has 0 aromatic heterocycles. The van der Waals surface area contributed by atoms with Crippen molar-refractivity contribution in [2.24, 2.45) is 0 Å². The van der Waals surface area contributed by atoms with Gasteiger partial charge in [-0.15, -0.1) is 0 Å². The Morgan fingerprint density at radius 1 is 0.974 bits per heavy atom. The Bertz CT molecular complexity index is 1360. The lowest BCUT2D eigenvalue weighted by atomic mass is 10.00. The Balaban J connectivity index is 1.40. The van der Waals surface area contributed by atoms with Crippen molar-refractivity contribution in [2.45, 2.75) is 31.7 Å². The van der Waals surface area contributed by atoms with E-state index in [4.69, 9.17) is 23.2 Å². The van der Waals surface area contributed by atoms with E-state index in [1.165, 1.54) is 5.01 Å². The van der Waals surface area contributed by atoms with Gasteiger partial charge in [0, 0.05) is 36.6 Å². The van der Waals surface area contributed by atoms with Crippen molar-refractivity contribution in [3.63, 3.8) is 0 Å². The molecule has 0 unspecified atom stereocenters. The largest absolute Gasteiger partial charge is 0.333 e. The summed E-state index contributed by atoms with van der Waals surface area (Å²) in [5.41, 5.74) is 2.67. The average molecular weight is 566 g/mol. The van der Waals surface area contributed by atoms with Crippen molar-refractivity contribution < 1.29 is 14.4 Å². The smallest absolute Gasteiger partial charge is 0.332 e. The lowest BCUT2D eigenvalue weighted by molar-refractivity contribution is -0.157. The van der Waals surface area contributed by atoms with Crippen LogP contribution >= 0.6 is 23.2 Å². The molecule has 2 fully saturated rings. The summed E-state index contributed by atoms with van der Waals surface area (Å²) in [4.78, 5) is 43.6. The number of benzene rings is 3. The minimum absolute atomic E-state index is 0.00592. The molecular formula is C29H29Cl2N5O3. The number of nitrogens with zero attached hydrogens (tertiary/aromatic N) is 4. The molecule has 2 saturated heterocycles. The first-order valence-corrected chi connectivity index (χ1v) is 13.5. The summed E-state index contributed by atoms with van der Waals surface area (Å²) in [5.74, 6) is -0.353. The zero-order chi connectivity index (χ0) is 27.5. The van der Waals surface area contributed by atoms with E-state index in [1.807, 2.05) is 60.7 Å². The number of hydrogen-bond donors (Lipinski definition) is 1. The summed E-state index contributed by atoms with van der Waals surface area (Å²) in [6, 6.07) is 23.4. The van der Waals surface area contributed by atoms with Crippen LogP contribution in [0.15, 0.2) is 78.9 Å². The number of urea groups is 1. The van der Waals surface area contributed by atoms with Gasteiger partial charge in [0.1, 0.15) is 12.2 Å². The SMILES string of the molecule is CN(C(=O)NCc1ccccc1)N1CC(=O)N2[C@@H](Cc3ccccc3)C(=O)N(Cc3ccc(Cl)cc3Cl)C[C@@H]21. The fraction of sp³-hybridized carbons (Fsp3) is 0.276. The van der Waals surface area contributed by atoms with Crippen molar-refractivity contribution >= 4 is 41.0 Å². The van der Waals surface area contributed by atoms with Crippen LogP contribution in [0.1, 0.15) is 16.7 Å². The summed E-state index contributed by atoms with van der Waals surface area (Å²) >= 11 is 12.5. The highest BCUT2D eigenvalue weighted by molar-refractivity contribution is 6.35. The monoisotopic (exact) mass is 565 g/mol. The third kappa shape index (κ3) is 5.88. The second-order valence-corrected chi connectivity index (χ2v) is 10.6. The van der Waals surface area contributed by atoms with Gasteiger partial charge in [-0.25, -0.2) is 4.79 Å². The zero-order valence-electron chi connectivity index (χ0n) is 21.5. The predicted molar refractivity (Wildman–Crippen MR) is 150 cm³/mol. The molecule has 39 heavy (non-hydrogen) atoms. The molecule has 8 nitrogen and oxygen atoms in total. The first-order valence-electron chi connectivity index (χ1n) is 12.7. The topological polar surface area (TPSA) is 76.2 Å². The molecule has 2 atom stereocenters. The molecule has 3 aromatic carbocycles. The Labute approximate surface area is 237 Å². The number of nitrogens with one attached hydrogen (secondary N) is 1. The highest BCUT2D eigenvalue weighted by Crippen LogP contribution is 2.31. The number of hydrazine groups is 1. The van der Waals surface area contributed by atoms with Crippen molar-refractivity contribution in [2.75, 3.05) is 20.1 Å². The number of halogens is 2. The van der Waals surface area contributed by atoms with Crippen molar-refractivity contribution in [1.29, 1.82) is 0 Å². The molecule has 2 aliphatic rings. The van der Waals surface area contributed by atoms with Gasteiger partial charge in [-0.1, -0.05) is 89.9 Å². The van der Waals surface area contributed by atoms with Crippen LogP contribution in [0.3, 0.4) is 0 Å². The Hall–Kier alpha value is -3.59. The molecule has 0 bridgehead atoms. The molecule has 4 amide bonds. The number of hydrogen-bond acceptors (Lipinski definition) is 4. The standard InChI is InChI=1S/C29H29Cl2N5O3/c1-33(29(39)32-16-21-10-6-3-7-11-21)35-19-27(37)36-25(14-20-8-4-2-5-9-20)28(38)34(18-26(35)36)17-22-12-13-23(30)15-24(22)31/h2-13,15,25-26H,14,16-19H2,1H3,(H,32,39)/t25-,26+/m0/s1. The molecule has 5 rings (SSSR count). The molecule has 202 valence electrons. The lowest BCUT2D eigenvalue weighted by Gasteiger charge is -2.45. The maximum Gasteiger partial charge on any atom is 0.332 e. The van der Waals surface area contributed by atoms with E-state index in [2.05, 4.69) is 5.32 Å². The first-order chi connectivity index (χ1) is 18.8. The number of amides is 4. The van der Waals surface area contributed by atoms with Crippen molar-refractivity contribution in [1.82, 2.24) is 25.1 Å². The van der Waals surface area contributed by atoms with Gasteiger partial charge < -0.3 is 15.1 Å². The van der Waals surface area contributed by atoms with Gasteiger partial charge >= 0.3 is 6.03 Å². The summed E-state index contributed by atoms with van der Waals surface area (Å²) < 4.78 is 0. The molecule has 0 saturated carbocycles. The first kappa shape index (κ1) is 27.0. The third-order valence-corrected chi connectivity index (χ3v) is 7.77. The van der Waals surface area contributed by atoms with Gasteiger partial charge in [-0.05, 0) is 28.8 Å². The fourth-order valence-corrected chi connectivity index (χ4v) is 5.62. The van der Waals surface area contributed by atoms with E-state index < -0.39 is 12.2 Å². The normalized spacial score (nSPS) is 19.3. The minimum atomic E-state index is -0.712. The van der Waals surface area contributed by atoms with Gasteiger partial charge in [0.05, 0.1) is 13.1 Å². The van der Waals surface area contributed by atoms with Crippen LogP contribution in [0, 0.1) is 0 Å². The van der Waals surface area contributed by atoms with Gasteiger partial charge in [0.15, 0.2) is 0 Å². The Kier molecular flexibility index (Phi) is 8.07. The number of piperazine rings is 1. The summed E-state index contributed by atoms with van der Waals surface area (Å²) in [6.45, 7) is 0.839. The van der Waals surface area contributed by atoms with E-state index in [9.17, 15) is 14.4 Å².